The predicted molar refractivity (Wildman–Crippen MR) is 164 cm³/mol. The fourth-order valence-corrected chi connectivity index (χ4v) is 3.91. The second-order valence-electron chi connectivity index (χ2n) is 9.95. The average Bonchev–Trinajstić information content (AvgIpc) is 3.04. The highest BCUT2D eigenvalue weighted by atomic mass is 16.6. The summed E-state index contributed by atoms with van der Waals surface area (Å²) in [5, 5.41) is 0. The topological polar surface area (TPSA) is 132 Å². The Labute approximate surface area is 261 Å². The van der Waals surface area contributed by atoms with Crippen LogP contribution in [-0.2, 0) is 19.1 Å². The zero-order chi connectivity index (χ0) is 32.6. The van der Waals surface area contributed by atoms with Crippen LogP contribution in [0.3, 0.4) is 0 Å². The van der Waals surface area contributed by atoms with Crippen LogP contribution in [0.5, 0.6) is 17.2 Å². The maximum atomic E-state index is 12.7. The summed E-state index contributed by atoms with van der Waals surface area (Å²) in [6, 6.07) is 16.5. The van der Waals surface area contributed by atoms with Crippen LogP contribution in [0.15, 0.2) is 79.4 Å². The normalized spacial score (nSPS) is 10.4. The minimum Gasteiger partial charge on any atom is -0.463 e. The molecule has 0 amide bonds. The molecule has 0 aliphatic heterocycles. The monoisotopic (exact) mass is 616 g/mol. The fraction of sp³-hybridized carbons (Fsp3) is 0.286. The second-order valence-corrected chi connectivity index (χ2v) is 9.95. The van der Waals surface area contributed by atoms with Crippen molar-refractivity contribution in [2.75, 3.05) is 13.2 Å². The summed E-state index contributed by atoms with van der Waals surface area (Å²) in [7, 11) is 0. The number of rotatable bonds is 16. The Balaban J connectivity index is 1.47. The molecule has 45 heavy (non-hydrogen) atoms. The lowest BCUT2D eigenvalue weighted by Gasteiger charge is -2.11. The highest BCUT2D eigenvalue weighted by Crippen LogP contribution is 2.25. The number of benzene rings is 3. The molecule has 0 atom stereocenters. The molecule has 0 aromatic heterocycles. The number of aryl methyl sites for hydroxylation is 1. The first kappa shape index (κ1) is 34.2. The highest BCUT2D eigenvalue weighted by molar-refractivity contribution is 5.94. The van der Waals surface area contributed by atoms with Crippen LogP contribution >= 0.6 is 0 Å². The summed E-state index contributed by atoms with van der Waals surface area (Å²) in [5.74, 6) is -1.73. The van der Waals surface area contributed by atoms with Gasteiger partial charge in [-0.15, -0.1) is 0 Å². The number of carbonyl (C=O) groups excluding carboxylic acids is 5. The Bertz CT molecular complexity index is 1490. The number of hydrogen-bond acceptors (Lipinski definition) is 10. The Morgan fingerprint density at radius 3 is 1.80 bits per heavy atom. The lowest BCUT2D eigenvalue weighted by molar-refractivity contribution is -0.138. The van der Waals surface area contributed by atoms with Crippen molar-refractivity contribution in [2.24, 2.45) is 0 Å². The van der Waals surface area contributed by atoms with E-state index in [2.05, 4.69) is 13.5 Å². The van der Waals surface area contributed by atoms with Crippen molar-refractivity contribution >= 4 is 29.8 Å². The molecule has 0 unspecified atom stereocenters. The van der Waals surface area contributed by atoms with E-state index in [1.54, 1.807) is 13.0 Å². The smallest absolute Gasteiger partial charge is 0.343 e. The molecule has 0 heterocycles. The van der Waals surface area contributed by atoms with Crippen molar-refractivity contribution in [3.05, 3.63) is 102 Å². The predicted octanol–water partition coefficient (Wildman–Crippen LogP) is 6.59. The van der Waals surface area contributed by atoms with Gasteiger partial charge in [-0.2, -0.15) is 0 Å². The standard InChI is InChI=1S/C35H36O10/c1-4-6-7-10-32(37)43-28-17-15-27(16-18-28)35(40)45-30-20-19-29(23-24(30)3)44-34(39)26-13-11-25(12-14-26)33(38)42-22-9-8-21-41-31(36)5-2/h5,11-20,23H,2,4,6-10,21-22H2,1,3H3. The van der Waals surface area contributed by atoms with Crippen molar-refractivity contribution in [1.29, 1.82) is 0 Å². The van der Waals surface area contributed by atoms with Gasteiger partial charge in [0.05, 0.1) is 29.9 Å². The molecule has 0 saturated carbocycles. The third-order valence-corrected chi connectivity index (χ3v) is 6.40. The van der Waals surface area contributed by atoms with E-state index in [1.165, 1.54) is 60.7 Å². The number of carbonyl (C=O) groups is 5. The number of ether oxygens (including phenoxy) is 5. The van der Waals surface area contributed by atoms with E-state index < -0.39 is 23.9 Å². The zero-order valence-corrected chi connectivity index (χ0v) is 25.4. The van der Waals surface area contributed by atoms with Gasteiger partial charge in [0.25, 0.3) is 0 Å². The van der Waals surface area contributed by atoms with Crippen molar-refractivity contribution in [3.8, 4) is 17.2 Å². The Hall–Kier alpha value is -5.25. The molecule has 0 aliphatic rings. The van der Waals surface area contributed by atoms with Crippen LogP contribution in [0.2, 0.25) is 0 Å². The van der Waals surface area contributed by atoms with Gasteiger partial charge in [-0.05, 0) is 98.5 Å². The van der Waals surface area contributed by atoms with Crippen LogP contribution in [-0.4, -0.2) is 43.1 Å². The Morgan fingerprint density at radius 1 is 0.644 bits per heavy atom. The third kappa shape index (κ3) is 11.4. The van der Waals surface area contributed by atoms with Crippen molar-refractivity contribution in [3.63, 3.8) is 0 Å². The highest BCUT2D eigenvalue weighted by Gasteiger charge is 2.15. The van der Waals surface area contributed by atoms with Gasteiger partial charge in [-0.25, -0.2) is 19.2 Å². The summed E-state index contributed by atoms with van der Waals surface area (Å²) < 4.78 is 26.3. The van der Waals surface area contributed by atoms with Crippen molar-refractivity contribution in [1.82, 2.24) is 0 Å². The molecule has 3 aromatic carbocycles. The van der Waals surface area contributed by atoms with Gasteiger partial charge in [0, 0.05) is 12.5 Å². The minimum absolute atomic E-state index is 0.154. The quantitative estimate of drug-likeness (QED) is 0.0752. The first-order chi connectivity index (χ1) is 21.7. The SMILES string of the molecule is C=CC(=O)OCCCCOC(=O)c1ccc(C(=O)Oc2ccc(OC(=O)c3ccc(OC(=O)CCCCC)cc3)c(C)c2)cc1. The van der Waals surface area contributed by atoms with E-state index in [0.29, 0.717) is 30.6 Å². The zero-order valence-electron chi connectivity index (χ0n) is 25.4. The van der Waals surface area contributed by atoms with E-state index in [-0.39, 0.29) is 47.4 Å². The van der Waals surface area contributed by atoms with Crippen molar-refractivity contribution < 1.29 is 47.7 Å². The van der Waals surface area contributed by atoms with E-state index in [4.69, 9.17) is 23.7 Å². The lowest BCUT2D eigenvalue weighted by Crippen LogP contribution is -2.12. The van der Waals surface area contributed by atoms with E-state index in [1.807, 2.05) is 0 Å². The average molecular weight is 617 g/mol. The molecule has 10 heteroatoms. The molecule has 236 valence electrons. The molecule has 0 N–H and O–H groups in total. The van der Waals surface area contributed by atoms with E-state index in [9.17, 15) is 24.0 Å². The molecule has 0 radical (unpaired) electrons. The number of unbranched alkanes of at least 4 members (excludes halogenated alkanes) is 3. The first-order valence-electron chi connectivity index (χ1n) is 14.6. The van der Waals surface area contributed by atoms with Crippen LogP contribution in [0.1, 0.15) is 82.1 Å². The molecule has 0 bridgehead atoms. The summed E-state index contributed by atoms with van der Waals surface area (Å²) >= 11 is 0. The van der Waals surface area contributed by atoms with Gasteiger partial charge in [0.15, 0.2) is 0 Å². The van der Waals surface area contributed by atoms with Crippen LogP contribution in [0.25, 0.3) is 0 Å². The molecule has 0 fully saturated rings. The molecular weight excluding hydrogens is 580 g/mol. The molecular formula is C35H36O10. The third-order valence-electron chi connectivity index (χ3n) is 6.40. The number of esters is 5. The van der Waals surface area contributed by atoms with Crippen LogP contribution < -0.4 is 14.2 Å². The molecule has 0 spiro atoms. The molecule has 10 nitrogen and oxygen atoms in total. The maximum absolute atomic E-state index is 12.7. The minimum atomic E-state index is -0.640. The van der Waals surface area contributed by atoms with E-state index in [0.717, 1.165) is 25.3 Å². The van der Waals surface area contributed by atoms with Gasteiger partial charge in [0.1, 0.15) is 17.2 Å². The molecule has 0 saturated heterocycles. The van der Waals surface area contributed by atoms with Crippen LogP contribution in [0, 0.1) is 6.92 Å². The molecule has 3 rings (SSSR count). The van der Waals surface area contributed by atoms with Gasteiger partial charge >= 0.3 is 29.8 Å². The van der Waals surface area contributed by atoms with Crippen molar-refractivity contribution in [2.45, 2.75) is 52.4 Å². The first-order valence-corrected chi connectivity index (χ1v) is 14.6. The number of hydrogen-bond donors (Lipinski definition) is 0. The summed E-state index contributed by atoms with van der Waals surface area (Å²) in [6.07, 6.45) is 5.21. The van der Waals surface area contributed by atoms with E-state index >= 15 is 0 Å². The Kier molecular flexibility index (Phi) is 13.5. The molecule has 3 aromatic rings. The summed E-state index contributed by atoms with van der Waals surface area (Å²) in [4.78, 5) is 60.5. The lowest BCUT2D eigenvalue weighted by atomic mass is 10.1. The van der Waals surface area contributed by atoms with Gasteiger partial charge in [-0.1, -0.05) is 26.3 Å². The maximum Gasteiger partial charge on any atom is 0.343 e. The van der Waals surface area contributed by atoms with Crippen LogP contribution in [0.4, 0.5) is 0 Å². The van der Waals surface area contributed by atoms with Gasteiger partial charge in [-0.3, -0.25) is 4.79 Å². The summed E-state index contributed by atoms with van der Waals surface area (Å²) in [6.45, 7) is 7.43. The van der Waals surface area contributed by atoms with Gasteiger partial charge < -0.3 is 23.7 Å². The Morgan fingerprint density at radius 2 is 1.20 bits per heavy atom. The molecule has 0 aliphatic carbocycles. The van der Waals surface area contributed by atoms with Gasteiger partial charge in [0.2, 0.25) is 0 Å². The fourth-order valence-electron chi connectivity index (χ4n) is 3.91. The second kappa shape index (κ2) is 17.8. The summed E-state index contributed by atoms with van der Waals surface area (Å²) in [5.41, 5.74) is 1.32. The largest absolute Gasteiger partial charge is 0.463 e.